The lowest BCUT2D eigenvalue weighted by Crippen LogP contribution is -2.35. The highest BCUT2D eigenvalue weighted by Crippen LogP contribution is 2.15. The van der Waals surface area contributed by atoms with E-state index in [4.69, 9.17) is 14.6 Å². The van der Waals surface area contributed by atoms with Gasteiger partial charge in [-0.2, -0.15) is 0 Å². The summed E-state index contributed by atoms with van der Waals surface area (Å²) in [6.45, 7) is 4.43. The van der Waals surface area contributed by atoms with Gasteiger partial charge in [0.2, 0.25) is 0 Å². The lowest BCUT2D eigenvalue weighted by molar-refractivity contribution is -0.137. The highest BCUT2D eigenvalue weighted by Gasteiger charge is 2.14. The van der Waals surface area contributed by atoms with Crippen LogP contribution >= 0.6 is 0 Å². The zero-order chi connectivity index (χ0) is 19.6. The molecular weight excluding hydrogens is 346 g/mol. The van der Waals surface area contributed by atoms with Crippen LogP contribution in [-0.2, 0) is 16.1 Å². The lowest BCUT2D eigenvalue weighted by Gasteiger charge is -2.15. The van der Waals surface area contributed by atoms with Crippen molar-refractivity contribution in [2.45, 2.75) is 39.3 Å². The first-order chi connectivity index (χ1) is 12.9. The van der Waals surface area contributed by atoms with Gasteiger partial charge in [-0.3, -0.25) is 9.59 Å². The number of carboxylic acid groups (broad SMARTS) is 1. The van der Waals surface area contributed by atoms with E-state index in [9.17, 15) is 9.59 Å². The smallest absolute Gasteiger partial charge is 0.303 e. The van der Waals surface area contributed by atoms with Gasteiger partial charge in [0.1, 0.15) is 11.5 Å². The lowest BCUT2D eigenvalue weighted by atomic mass is 10.2. The van der Waals surface area contributed by atoms with Gasteiger partial charge in [-0.05, 0) is 55.7 Å². The summed E-state index contributed by atoms with van der Waals surface area (Å²) in [5.74, 6) is 0.324. The molecule has 0 spiro atoms. The zero-order valence-corrected chi connectivity index (χ0v) is 15.6. The third-order valence-corrected chi connectivity index (χ3v) is 3.87. The van der Waals surface area contributed by atoms with Crippen molar-refractivity contribution in [2.75, 3.05) is 6.61 Å². The van der Waals surface area contributed by atoms with Crippen LogP contribution in [0.2, 0.25) is 0 Å². The van der Waals surface area contributed by atoms with Crippen molar-refractivity contribution in [2.24, 2.45) is 0 Å². The molecule has 2 rings (SSSR count). The van der Waals surface area contributed by atoms with E-state index in [0.29, 0.717) is 31.1 Å². The van der Waals surface area contributed by atoms with Crippen molar-refractivity contribution in [3.63, 3.8) is 0 Å². The Hall–Kier alpha value is -3.02. The summed E-state index contributed by atoms with van der Waals surface area (Å²) < 4.78 is 11.1. The van der Waals surface area contributed by atoms with E-state index in [-0.39, 0.29) is 12.3 Å². The van der Waals surface area contributed by atoms with Crippen molar-refractivity contribution >= 4 is 11.9 Å². The highest BCUT2D eigenvalue weighted by molar-refractivity contribution is 5.80. The third-order valence-electron chi connectivity index (χ3n) is 3.87. The summed E-state index contributed by atoms with van der Waals surface area (Å²) in [7, 11) is 0. The van der Waals surface area contributed by atoms with Crippen molar-refractivity contribution in [3.8, 4) is 11.5 Å². The number of hydrogen-bond acceptors (Lipinski definition) is 4. The summed E-state index contributed by atoms with van der Waals surface area (Å²) in [6, 6.07) is 14.9. The number of aryl methyl sites for hydroxylation is 1. The number of nitrogens with one attached hydrogen (secondary N) is 1. The highest BCUT2D eigenvalue weighted by atomic mass is 16.5. The molecule has 2 N–H and O–H groups in total. The summed E-state index contributed by atoms with van der Waals surface area (Å²) in [5.41, 5.74) is 2.01. The topological polar surface area (TPSA) is 84.9 Å². The first kappa shape index (κ1) is 20.3. The van der Waals surface area contributed by atoms with Gasteiger partial charge in [0.15, 0.2) is 6.10 Å². The SMILES string of the molecule is Cc1cccc(OC(C)C(=O)NCc2ccc(OCCCC(=O)O)cc2)c1. The van der Waals surface area contributed by atoms with E-state index in [0.717, 1.165) is 11.1 Å². The van der Waals surface area contributed by atoms with E-state index in [2.05, 4.69) is 5.32 Å². The van der Waals surface area contributed by atoms with Crippen molar-refractivity contribution in [1.82, 2.24) is 5.32 Å². The summed E-state index contributed by atoms with van der Waals surface area (Å²) >= 11 is 0. The molecule has 27 heavy (non-hydrogen) atoms. The quantitative estimate of drug-likeness (QED) is 0.626. The second-order valence-corrected chi connectivity index (χ2v) is 6.28. The Bertz CT molecular complexity index is 757. The maximum absolute atomic E-state index is 12.2. The fourth-order valence-electron chi connectivity index (χ4n) is 2.40. The molecule has 144 valence electrons. The minimum Gasteiger partial charge on any atom is -0.494 e. The largest absolute Gasteiger partial charge is 0.494 e. The molecule has 0 radical (unpaired) electrons. The molecule has 0 saturated carbocycles. The number of carbonyl (C=O) groups excluding carboxylic acids is 1. The molecule has 1 amide bonds. The Kier molecular flexibility index (Phi) is 7.67. The Morgan fingerprint density at radius 1 is 1.11 bits per heavy atom. The Morgan fingerprint density at radius 3 is 2.52 bits per heavy atom. The maximum Gasteiger partial charge on any atom is 0.303 e. The average molecular weight is 371 g/mol. The van der Waals surface area contributed by atoms with Crippen LogP contribution in [0.3, 0.4) is 0 Å². The molecule has 0 saturated heterocycles. The third kappa shape index (κ3) is 7.40. The summed E-state index contributed by atoms with van der Waals surface area (Å²) in [5, 5.41) is 11.4. The van der Waals surface area contributed by atoms with E-state index < -0.39 is 12.1 Å². The van der Waals surface area contributed by atoms with Gasteiger partial charge in [0, 0.05) is 13.0 Å². The number of rotatable bonds is 10. The van der Waals surface area contributed by atoms with E-state index >= 15 is 0 Å². The Labute approximate surface area is 159 Å². The van der Waals surface area contributed by atoms with E-state index in [1.54, 1.807) is 19.1 Å². The van der Waals surface area contributed by atoms with Gasteiger partial charge < -0.3 is 19.9 Å². The normalized spacial score (nSPS) is 11.5. The second kappa shape index (κ2) is 10.2. The monoisotopic (exact) mass is 371 g/mol. The first-order valence-electron chi connectivity index (χ1n) is 8.88. The second-order valence-electron chi connectivity index (χ2n) is 6.28. The van der Waals surface area contributed by atoms with Crippen molar-refractivity contribution < 1.29 is 24.2 Å². The molecular formula is C21H25NO5. The van der Waals surface area contributed by atoms with Crippen molar-refractivity contribution in [3.05, 3.63) is 59.7 Å². The van der Waals surface area contributed by atoms with E-state index in [1.807, 2.05) is 43.3 Å². The van der Waals surface area contributed by atoms with Gasteiger partial charge >= 0.3 is 5.97 Å². The van der Waals surface area contributed by atoms with Crippen LogP contribution in [0.4, 0.5) is 0 Å². The van der Waals surface area contributed by atoms with Crippen LogP contribution in [0.15, 0.2) is 48.5 Å². The standard InChI is InChI=1S/C21H25NO5/c1-15-5-3-6-19(13-15)27-16(2)21(25)22-14-17-8-10-18(11-9-17)26-12-4-7-20(23)24/h3,5-6,8-11,13,16H,4,7,12,14H2,1-2H3,(H,22,25)(H,23,24). The molecule has 0 heterocycles. The van der Waals surface area contributed by atoms with Crippen molar-refractivity contribution in [1.29, 1.82) is 0 Å². The molecule has 1 atom stereocenters. The van der Waals surface area contributed by atoms with Gasteiger partial charge in [0.25, 0.3) is 5.91 Å². The molecule has 0 aromatic heterocycles. The number of amides is 1. The fourth-order valence-corrected chi connectivity index (χ4v) is 2.40. The molecule has 0 aliphatic rings. The number of aliphatic carboxylic acids is 1. The van der Waals surface area contributed by atoms with Crippen LogP contribution in [-0.4, -0.2) is 29.7 Å². The molecule has 6 nitrogen and oxygen atoms in total. The molecule has 0 aliphatic heterocycles. The number of benzene rings is 2. The zero-order valence-electron chi connectivity index (χ0n) is 15.6. The molecule has 6 heteroatoms. The minimum absolute atomic E-state index is 0.0902. The molecule has 2 aromatic carbocycles. The Balaban J connectivity index is 1.75. The fraction of sp³-hybridized carbons (Fsp3) is 0.333. The minimum atomic E-state index is -0.828. The van der Waals surface area contributed by atoms with Crippen LogP contribution < -0.4 is 14.8 Å². The number of carbonyl (C=O) groups is 2. The first-order valence-corrected chi connectivity index (χ1v) is 8.88. The molecule has 0 fully saturated rings. The molecule has 0 aliphatic carbocycles. The molecule has 1 unspecified atom stereocenters. The summed E-state index contributed by atoms with van der Waals surface area (Å²) in [6.07, 6.45) is -0.0394. The number of hydrogen-bond donors (Lipinski definition) is 2. The van der Waals surface area contributed by atoms with E-state index in [1.165, 1.54) is 0 Å². The van der Waals surface area contributed by atoms with Gasteiger partial charge in [-0.1, -0.05) is 24.3 Å². The van der Waals surface area contributed by atoms with Gasteiger partial charge in [0.05, 0.1) is 6.61 Å². The van der Waals surface area contributed by atoms with Gasteiger partial charge in [-0.15, -0.1) is 0 Å². The predicted molar refractivity (Wildman–Crippen MR) is 102 cm³/mol. The number of carboxylic acids is 1. The van der Waals surface area contributed by atoms with Crippen LogP contribution in [0.1, 0.15) is 30.9 Å². The Morgan fingerprint density at radius 2 is 1.85 bits per heavy atom. The van der Waals surface area contributed by atoms with Crippen LogP contribution in [0.5, 0.6) is 11.5 Å². The maximum atomic E-state index is 12.2. The molecule has 0 bridgehead atoms. The molecule has 2 aromatic rings. The van der Waals surface area contributed by atoms with Crippen LogP contribution in [0, 0.1) is 6.92 Å². The number of ether oxygens (including phenoxy) is 2. The average Bonchev–Trinajstić information content (AvgIpc) is 2.64. The predicted octanol–water partition coefficient (Wildman–Crippen LogP) is 3.32. The summed E-state index contributed by atoms with van der Waals surface area (Å²) in [4.78, 5) is 22.6. The van der Waals surface area contributed by atoms with Gasteiger partial charge in [-0.25, -0.2) is 0 Å². The van der Waals surface area contributed by atoms with Crippen LogP contribution in [0.25, 0.3) is 0 Å².